The topological polar surface area (TPSA) is 84.9 Å². The lowest BCUT2D eigenvalue weighted by Crippen LogP contribution is -2.45. The van der Waals surface area contributed by atoms with Crippen LogP contribution in [-0.2, 0) is 20.2 Å². The molecule has 0 atom stereocenters. The third kappa shape index (κ3) is 4.81. The standard InChI is InChI=1S/C23H26F2N2O5S/c1-23(2,16-3-6-19-20(11-16)32-14-31-19)13-26-22(28)15-7-9-27(10-8-15)33(29,30)21-12-17(24)4-5-18(21)25/h3-6,11-12,15H,7-10,13-14H2,1-2H3,(H,26,28). The predicted molar refractivity (Wildman–Crippen MR) is 116 cm³/mol. The summed E-state index contributed by atoms with van der Waals surface area (Å²) in [7, 11) is -4.18. The van der Waals surface area contributed by atoms with Crippen molar-refractivity contribution >= 4 is 15.9 Å². The summed E-state index contributed by atoms with van der Waals surface area (Å²) in [5.74, 6) is -0.968. The second-order valence-electron chi connectivity index (χ2n) is 8.92. The molecule has 178 valence electrons. The number of nitrogens with zero attached hydrogens (tertiary/aromatic N) is 1. The molecule has 0 radical (unpaired) electrons. The number of nitrogens with one attached hydrogen (secondary N) is 1. The van der Waals surface area contributed by atoms with Gasteiger partial charge < -0.3 is 14.8 Å². The van der Waals surface area contributed by atoms with Crippen molar-refractivity contribution in [2.75, 3.05) is 26.4 Å². The normalized spacial score (nSPS) is 17.2. The number of hydrogen-bond acceptors (Lipinski definition) is 5. The van der Waals surface area contributed by atoms with Crippen molar-refractivity contribution in [2.24, 2.45) is 5.92 Å². The Bertz CT molecular complexity index is 1160. The Balaban J connectivity index is 1.34. The van der Waals surface area contributed by atoms with Crippen molar-refractivity contribution in [3.8, 4) is 11.5 Å². The molecule has 2 aromatic rings. The van der Waals surface area contributed by atoms with Crippen LogP contribution in [0.5, 0.6) is 11.5 Å². The number of halogens is 2. The Morgan fingerprint density at radius 2 is 1.79 bits per heavy atom. The highest BCUT2D eigenvalue weighted by molar-refractivity contribution is 7.89. The summed E-state index contributed by atoms with van der Waals surface area (Å²) >= 11 is 0. The zero-order valence-electron chi connectivity index (χ0n) is 18.4. The van der Waals surface area contributed by atoms with E-state index >= 15 is 0 Å². The first-order valence-corrected chi connectivity index (χ1v) is 12.1. The van der Waals surface area contributed by atoms with Crippen LogP contribution in [0.2, 0.25) is 0 Å². The Morgan fingerprint density at radius 3 is 2.52 bits per heavy atom. The first-order valence-electron chi connectivity index (χ1n) is 10.7. The minimum Gasteiger partial charge on any atom is -0.454 e. The summed E-state index contributed by atoms with van der Waals surface area (Å²) < 4.78 is 64.8. The summed E-state index contributed by atoms with van der Waals surface area (Å²) in [6.45, 7) is 4.71. The average molecular weight is 481 g/mol. The van der Waals surface area contributed by atoms with Crippen LogP contribution in [0, 0.1) is 17.6 Å². The predicted octanol–water partition coefficient (Wildman–Crippen LogP) is 3.19. The molecule has 10 heteroatoms. The van der Waals surface area contributed by atoms with Crippen molar-refractivity contribution < 1.29 is 31.5 Å². The van der Waals surface area contributed by atoms with Gasteiger partial charge in [0.25, 0.3) is 0 Å². The maximum absolute atomic E-state index is 14.0. The molecule has 2 aliphatic rings. The van der Waals surface area contributed by atoms with Gasteiger partial charge >= 0.3 is 0 Å². The van der Waals surface area contributed by atoms with Gasteiger partial charge in [-0.05, 0) is 48.7 Å². The fourth-order valence-corrected chi connectivity index (χ4v) is 5.59. The van der Waals surface area contributed by atoms with Crippen LogP contribution in [0.3, 0.4) is 0 Å². The summed E-state index contributed by atoms with van der Waals surface area (Å²) in [6.07, 6.45) is 0.596. The van der Waals surface area contributed by atoms with E-state index in [1.165, 1.54) is 0 Å². The van der Waals surface area contributed by atoms with Gasteiger partial charge in [0.15, 0.2) is 11.5 Å². The average Bonchev–Trinajstić information content (AvgIpc) is 3.27. The van der Waals surface area contributed by atoms with Gasteiger partial charge in [-0.15, -0.1) is 0 Å². The van der Waals surface area contributed by atoms with Gasteiger partial charge in [-0.3, -0.25) is 4.79 Å². The van der Waals surface area contributed by atoms with Crippen molar-refractivity contribution in [2.45, 2.75) is 37.0 Å². The molecule has 0 bridgehead atoms. The van der Waals surface area contributed by atoms with Crippen LogP contribution in [0.1, 0.15) is 32.3 Å². The number of rotatable bonds is 6. The van der Waals surface area contributed by atoms with Crippen molar-refractivity contribution in [3.05, 3.63) is 53.6 Å². The lowest BCUT2D eigenvalue weighted by Gasteiger charge is -2.32. The molecule has 1 saturated heterocycles. The number of carbonyl (C=O) groups excluding carboxylic acids is 1. The van der Waals surface area contributed by atoms with E-state index in [1.54, 1.807) is 0 Å². The molecule has 0 spiro atoms. The largest absolute Gasteiger partial charge is 0.454 e. The summed E-state index contributed by atoms with van der Waals surface area (Å²) in [4.78, 5) is 12.1. The smallest absolute Gasteiger partial charge is 0.246 e. The fourth-order valence-electron chi connectivity index (χ4n) is 4.04. The molecule has 0 aliphatic carbocycles. The molecule has 1 fully saturated rings. The minimum atomic E-state index is -4.18. The van der Waals surface area contributed by atoms with Gasteiger partial charge in [0.2, 0.25) is 22.7 Å². The second-order valence-corrected chi connectivity index (χ2v) is 10.8. The van der Waals surface area contributed by atoms with Crippen LogP contribution < -0.4 is 14.8 Å². The lowest BCUT2D eigenvalue weighted by atomic mass is 9.84. The van der Waals surface area contributed by atoms with E-state index in [4.69, 9.17) is 9.47 Å². The van der Waals surface area contributed by atoms with Gasteiger partial charge in [-0.1, -0.05) is 19.9 Å². The molecule has 4 rings (SSSR count). The van der Waals surface area contributed by atoms with E-state index in [-0.39, 0.29) is 37.1 Å². The van der Waals surface area contributed by atoms with E-state index in [0.717, 1.165) is 22.0 Å². The maximum atomic E-state index is 14.0. The molecule has 33 heavy (non-hydrogen) atoms. The summed E-state index contributed by atoms with van der Waals surface area (Å²) in [5, 5.41) is 2.97. The molecule has 0 saturated carbocycles. The molecular weight excluding hydrogens is 454 g/mol. The second kappa shape index (κ2) is 8.90. The third-order valence-corrected chi connectivity index (χ3v) is 8.11. The molecule has 1 amide bonds. The van der Waals surface area contributed by atoms with Crippen molar-refractivity contribution in [1.82, 2.24) is 9.62 Å². The number of amides is 1. The maximum Gasteiger partial charge on any atom is 0.246 e. The number of piperidine rings is 1. The van der Waals surface area contributed by atoms with Crippen LogP contribution in [-0.4, -0.2) is 45.1 Å². The molecule has 2 aromatic carbocycles. The first kappa shape index (κ1) is 23.4. The number of hydrogen-bond donors (Lipinski definition) is 1. The monoisotopic (exact) mass is 480 g/mol. The number of carbonyl (C=O) groups is 1. The Hall–Kier alpha value is -2.72. The Kier molecular flexibility index (Phi) is 6.32. The molecule has 2 heterocycles. The van der Waals surface area contributed by atoms with Crippen molar-refractivity contribution in [1.29, 1.82) is 0 Å². The molecule has 7 nitrogen and oxygen atoms in total. The lowest BCUT2D eigenvalue weighted by molar-refractivity contribution is -0.126. The van der Waals surface area contributed by atoms with Crippen LogP contribution >= 0.6 is 0 Å². The van der Waals surface area contributed by atoms with Gasteiger partial charge in [-0.25, -0.2) is 17.2 Å². The van der Waals surface area contributed by atoms with Gasteiger partial charge in [-0.2, -0.15) is 4.31 Å². The quantitative estimate of drug-likeness (QED) is 0.687. The highest BCUT2D eigenvalue weighted by Crippen LogP contribution is 2.36. The molecule has 1 N–H and O–H groups in total. The van der Waals surface area contributed by atoms with Crippen LogP contribution in [0.25, 0.3) is 0 Å². The SMILES string of the molecule is CC(C)(CNC(=O)C1CCN(S(=O)(=O)c2cc(F)ccc2F)CC1)c1ccc2c(c1)OCO2. The summed E-state index contributed by atoms with van der Waals surface area (Å²) in [6, 6.07) is 8.04. The highest BCUT2D eigenvalue weighted by Gasteiger charge is 2.34. The van der Waals surface area contributed by atoms with Crippen molar-refractivity contribution in [3.63, 3.8) is 0 Å². The number of ether oxygens (including phenoxy) is 2. The van der Waals surface area contributed by atoms with Gasteiger partial charge in [0.1, 0.15) is 16.5 Å². The van der Waals surface area contributed by atoms with Gasteiger partial charge in [0.05, 0.1) is 0 Å². The third-order valence-electron chi connectivity index (χ3n) is 6.19. The van der Waals surface area contributed by atoms with Gasteiger partial charge in [0, 0.05) is 31.0 Å². The Labute approximate surface area is 191 Å². The van der Waals surface area contributed by atoms with E-state index in [0.29, 0.717) is 37.0 Å². The highest BCUT2D eigenvalue weighted by atomic mass is 32.2. The number of benzene rings is 2. The van der Waals surface area contributed by atoms with E-state index in [9.17, 15) is 22.0 Å². The zero-order chi connectivity index (χ0) is 23.8. The molecule has 0 unspecified atom stereocenters. The van der Waals surface area contributed by atoms with Crippen LogP contribution in [0.4, 0.5) is 8.78 Å². The fraction of sp³-hybridized carbons (Fsp3) is 0.435. The molecular formula is C23H26F2N2O5S. The van der Waals surface area contributed by atoms with E-state index in [2.05, 4.69) is 5.32 Å². The molecule has 0 aromatic heterocycles. The Morgan fingerprint density at radius 1 is 1.09 bits per heavy atom. The number of fused-ring (bicyclic) bond motifs is 1. The van der Waals surface area contributed by atoms with E-state index in [1.807, 2.05) is 32.0 Å². The molecule has 2 aliphatic heterocycles. The number of sulfonamides is 1. The first-order chi connectivity index (χ1) is 15.6. The summed E-state index contributed by atoms with van der Waals surface area (Å²) in [5.41, 5.74) is 0.625. The minimum absolute atomic E-state index is 0.0575. The zero-order valence-corrected chi connectivity index (χ0v) is 19.3. The van der Waals surface area contributed by atoms with E-state index < -0.39 is 26.6 Å². The van der Waals surface area contributed by atoms with Crippen LogP contribution in [0.15, 0.2) is 41.3 Å².